The lowest BCUT2D eigenvalue weighted by Gasteiger charge is -2.38. The van der Waals surface area contributed by atoms with Crippen molar-refractivity contribution in [1.29, 1.82) is 0 Å². The first kappa shape index (κ1) is 26.8. The van der Waals surface area contributed by atoms with Crippen molar-refractivity contribution in [2.75, 3.05) is 32.0 Å². The Balaban J connectivity index is 1.48. The molecule has 1 aliphatic rings. The maximum absolute atomic E-state index is 12.0. The van der Waals surface area contributed by atoms with Crippen molar-refractivity contribution in [3.8, 4) is 0 Å². The summed E-state index contributed by atoms with van der Waals surface area (Å²) in [5.41, 5.74) is 4.49. The van der Waals surface area contributed by atoms with Crippen LogP contribution in [0.5, 0.6) is 0 Å². The Morgan fingerprint density at radius 3 is 2.65 bits per heavy atom. The molecule has 1 aliphatic heterocycles. The Morgan fingerprint density at radius 2 is 1.92 bits per heavy atom. The van der Waals surface area contributed by atoms with Crippen molar-refractivity contribution in [1.82, 2.24) is 15.2 Å². The molecule has 3 aromatic rings. The van der Waals surface area contributed by atoms with Gasteiger partial charge < -0.3 is 30.1 Å². The summed E-state index contributed by atoms with van der Waals surface area (Å²) in [5, 5.41) is 15.0. The second-order valence-corrected chi connectivity index (χ2v) is 9.29. The number of ether oxygens (including phenoxy) is 2. The van der Waals surface area contributed by atoms with Gasteiger partial charge >= 0.3 is 6.03 Å². The number of nitrogens with one attached hydrogen (secondary N) is 2. The smallest absolute Gasteiger partial charge is 0.319 e. The predicted molar refractivity (Wildman–Crippen MR) is 143 cm³/mol. The number of carbonyl (C=O) groups is 1. The van der Waals surface area contributed by atoms with Crippen LogP contribution in [0.3, 0.4) is 0 Å². The molecule has 0 bridgehead atoms. The summed E-state index contributed by atoms with van der Waals surface area (Å²) in [6, 6.07) is 21.2. The third-order valence-corrected chi connectivity index (χ3v) is 6.36. The van der Waals surface area contributed by atoms with Crippen molar-refractivity contribution in [2.24, 2.45) is 0 Å². The zero-order valence-corrected chi connectivity index (χ0v) is 21.5. The lowest BCUT2D eigenvalue weighted by molar-refractivity contribution is -0.252. The lowest BCUT2D eigenvalue weighted by atomic mass is 9.99. The summed E-state index contributed by atoms with van der Waals surface area (Å²) in [6.07, 6.45) is 2.59. The number of likely N-dealkylation sites (N-methyl/N-ethyl adjacent to an activating group) is 1. The summed E-state index contributed by atoms with van der Waals surface area (Å²) < 4.78 is 12.9. The van der Waals surface area contributed by atoms with Crippen LogP contribution in [-0.2, 0) is 22.5 Å². The molecule has 37 heavy (non-hydrogen) atoms. The molecule has 4 rings (SSSR count). The molecular weight excluding hydrogens is 468 g/mol. The van der Waals surface area contributed by atoms with E-state index in [1.807, 2.05) is 79.9 Å². The third kappa shape index (κ3) is 7.84. The molecule has 3 N–H and O–H groups in total. The molecule has 3 atom stereocenters. The molecule has 2 amide bonds. The molecule has 0 saturated carbocycles. The van der Waals surface area contributed by atoms with Gasteiger partial charge in [-0.15, -0.1) is 0 Å². The highest BCUT2D eigenvalue weighted by molar-refractivity contribution is 5.89. The molecule has 196 valence electrons. The van der Waals surface area contributed by atoms with Crippen LogP contribution in [0.4, 0.5) is 10.5 Å². The van der Waals surface area contributed by atoms with E-state index in [-0.39, 0.29) is 24.8 Å². The minimum absolute atomic E-state index is 0.00658. The van der Waals surface area contributed by atoms with E-state index in [0.29, 0.717) is 18.7 Å². The van der Waals surface area contributed by atoms with E-state index in [0.717, 1.165) is 41.9 Å². The van der Waals surface area contributed by atoms with Crippen LogP contribution >= 0.6 is 0 Å². The maximum Gasteiger partial charge on any atom is 0.319 e. The number of aromatic nitrogens is 1. The molecule has 2 heterocycles. The molecule has 0 spiro atoms. The first-order valence-electron chi connectivity index (χ1n) is 12.8. The van der Waals surface area contributed by atoms with Crippen molar-refractivity contribution in [3.63, 3.8) is 0 Å². The summed E-state index contributed by atoms with van der Waals surface area (Å²) in [7, 11) is 2.10. The standard InChI is InChI=1S/C29H36N4O4/c1-3-30-29(35)32-25-9-6-7-23(17-25)28-36-26(19-33(2)16-14-24-8-4-5-15-31-24)18-27(37-28)22-12-10-21(20-34)11-13-22/h4-13,15,17,26-28,34H,3,14,16,18-20H2,1-2H3,(H2,30,32,35)/t26-,27+,28?/m0/s1. The SMILES string of the molecule is CCNC(=O)Nc1cccc(C2O[C@H](CN(C)CCc3ccccn3)C[C@H](c3ccc(CO)cc3)O2)c1. The Kier molecular flexibility index (Phi) is 9.62. The van der Waals surface area contributed by atoms with Gasteiger partial charge in [-0.3, -0.25) is 4.98 Å². The minimum atomic E-state index is -0.582. The third-order valence-electron chi connectivity index (χ3n) is 6.36. The number of amides is 2. The fourth-order valence-corrected chi connectivity index (χ4v) is 4.42. The molecule has 8 heteroatoms. The van der Waals surface area contributed by atoms with Crippen molar-refractivity contribution < 1.29 is 19.4 Å². The number of benzene rings is 2. The summed E-state index contributed by atoms with van der Waals surface area (Å²) in [6.45, 7) is 4.04. The van der Waals surface area contributed by atoms with Gasteiger partial charge in [0, 0.05) is 55.6 Å². The van der Waals surface area contributed by atoms with Gasteiger partial charge in [0.15, 0.2) is 6.29 Å². The second-order valence-electron chi connectivity index (χ2n) is 9.29. The Morgan fingerprint density at radius 1 is 1.08 bits per heavy atom. The Bertz CT molecular complexity index is 1130. The number of hydrogen-bond acceptors (Lipinski definition) is 6. The number of aliphatic hydroxyl groups excluding tert-OH is 1. The van der Waals surface area contributed by atoms with Crippen LogP contribution in [0, 0.1) is 0 Å². The molecule has 8 nitrogen and oxygen atoms in total. The van der Waals surface area contributed by atoms with E-state index in [1.54, 1.807) is 0 Å². The first-order valence-corrected chi connectivity index (χ1v) is 12.8. The molecular formula is C29H36N4O4. The van der Waals surface area contributed by atoms with Gasteiger partial charge in [-0.2, -0.15) is 0 Å². The van der Waals surface area contributed by atoms with Gasteiger partial charge in [0.1, 0.15) is 0 Å². The maximum atomic E-state index is 12.0. The van der Waals surface area contributed by atoms with Crippen molar-refractivity contribution in [3.05, 3.63) is 95.3 Å². The van der Waals surface area contributed by atoms with E-state index >= 15 is 0 Å². The number of pyridine rings is 1. The predicted octanol–water partition coefficient (Wildman–Crippen LogP) is 4.44. The highest BCUT2D eigenvalue weighted by Gasteiger charge is 2.33. The van der Waals surface area contributed by atoms with Crippen molar-refractivity contribution in [2.45, 2.75) is 44.9 Å². The van der Waals surface area contributed by atoms with E-state index in [9.17, 15) is 9.90 Å². The van der Waals surface area contributed by atoms with Crippen LogP contribution in [0.15, 0.2) is 72.9 Å². The molecule has 1 unspecified atom stereocenters. The number of aliphatic hydroxyl groups is 1. The molecule has 0 aliphatic carbocycles. The molecule has 0 radical (unpaired) electrons. The van der Waals surface area contributed by atoms with Gasteiger partial charge in [-0.25, -0.2) is 4.79 Å². The van der Waals surface area contributed by atoms with Gasteiger partial charge in [0.05, 0.1) is 18.8 Å². The quantitative estimate of drug-likeness (QED) is 0.378. The second kappa shape index (κ2) is 13.3. The van der Waals surface area contributed by atoms with E-state index in [2.05, 4.69) is 27.6 Å². The number of rotatable bonds is 10. The van der Waals surface area contributed by atoms with Crippen LogP contribution in [0.25, 0.3) is 0 Å². The minimum Gasteiger partial charge on any atom is -0.392 e. The van der Waals surface area contributed by atoms with Crippen LogP contribution in [-0.4, -0.2) is 53.8 Å². The van der Waals surface area contributed by atoms with Crippen LogP contribution in [0.1, 0.15) is 48.1 Å². The molecule has 1 aromatic heterocycles. The van der Waals surface area contributed by atoms with Gasteiger partial charge in [0.2, 0.25) is 0 Å². The Hall–Kier alpha value is -3.30. The fourth-order valence-electron chi connectivity index (χ4n) is 4.42. The topological polar surface area (TPSA) is 96.0 Å². The number of nitrogens with zero attached hydrogens (tertiary/aromatic N) is 2. The summed E-state index contributed by atoms with van der Waals surface area (Å²) in [5.74, 6) is 0. The number of anilines is 1. The zero-order valence-electron chi connectivity index (χ0n) is 21.5. The van der Waals surface area contributed by atoms with E-state index < -0.39 is 6.29 Å². The van der Waals surface area contributed by atoms with E-state index in [4.69, 9.17) is 9.47 Å². The molecule has 2 aromatic carbocycles. The average molecular weight is 505 g/mol. The number of urea groups is 1. The molecule has 1 fully saturated rings. The summed E-state index contributed by atoms with van der Waals surface area (Å²) >= 11 is 0. The molecule has 1 saturated heterocycles. The van der Waals surface area contributed by atoms with Gasteiger partial charge in [0.25, 0.3) is 0 Å². The average Bonchev–Trinajstić information content (AvgIpc) is 2.92. The van der Waals surface area contributed by atoms with Gasteiger partial charge in [-0.1, -0.05) is 42.5 Å². The normalized spacial score (nSPS) is 19.5. The monoisotopic (exact) mass is 504 g/mol. The number of hydrogen-bond donors (Lipinski definition) is 3. The fraction of sp³-hybridized carbons (Fsp3) is 0.379. The Labute approximate surface area is 218 Å². The first-order chi connectivity index (χ1) is 18.0. The largest absolute Gasteiger partial charge is 0.392 e. The highest BCUT2D eigenvalue weighted by atomic mass is 16.7. The lowest BCUT2D eigenvalue weighted by Crippen LogP contribution is -2.38. The van der Waals surface area contributed by atoms with Gasteiger partial charge in [-0.05, 0) is 49.4 Å². The highest BCUT2D eigenvalue weighted by Crippen LogP contribution is 2.38. The van der Waals surface area contributed by atoms with Crippen LogP contribution in [0.2, 0.25) is 0 Å². The van der Waals surface area contributed by atoms with E-state index in [1.165, 1.54) is 0 Å². The zero-order chi connectivity index (χ0) is 26.0. The summed E-state index contributed by atoms with van der Waals surface area (Å²) in [4.78, 5) is 18.7. The number of carbonyl (C=O) groups excluding carboxylic acids is 1. The van der Waals surface area contributed by atoms with Crippen molar-refractivity contribution >= 4 is 11.7 Å². The van der Waals surface area contributed by atoms with Crippen LogP contribution < -0.4 is 10.6 Å².